The van der Waals surface area contributed by atoms with Gasteiger partial charge in [0.05, 0.1) is 10.7 Å². The summed E-state index contributed by atoms with van der Waals surface area (Å²) in [6.07, 6.45) is 6.90. The summed E-state index contributed by atoms with van der Waals surface area (Å²) in [7, 11) is 0. The average molecular weight is 370 g/mol. The number of benzene rings is 1. The highest BCUT2D eigenvalue weighted by atomic mass is 35.5. The van der Waals surface area contributed by atoms with Crippen LogP contribution in [0.1, 0.15) is 12.8 Å². The van der Waals surface area contributed by atoms with E-state index in [9.17, 15) is 9.59 Å². The molecule has 0 saturated heterocycles. The number of nitrogens with zero attached hydrogens (tertiary/aromatic N) is 2. The molecule has 26 heavy (non-hydrogen) atoms. The Morgan fingerprint density at radius 2 is 2.04 bits per heavy atom. The summed E-state index contributed by atoms with van der Waals surface area (Å²) in [6.45, 7) is 0.567. The number of rotatable bonds is 5. The molecule has 2 bridgehead atoms. The zero-order chi connectivity index (χ0) is 18.1. The number of fused-ring (bicyclic) bond motifs is 2. The number of nitrogens with one attached hydrogen (secondary N) is 1. The van der Waals surface area contributed by atoms with E-state index in [2.05, 4.69) is 22.6 Å². The van der Waals surface area contributed by atoms with Crippen molar-refractivity contribution in [1.29, 1.82) is 0 Å². The SMILES string of the molecule is O=C(Cn1nc(-c2ccccc2Cl)ccc1=O)NC[C@@H]1C[C@H]2C=C[C@@H]1C2. The van der Waals surface area contributed by atoms with Crippen molar-refractivity contribution < 1.29 is 4.79 Å². The second-order valence-electron chi connectivity index (χ2n) is 7.04. The van der Waals surface area contributed by atoms with Gasteiger partial charge in [-0.3, -0.25) is 9.59 Å². The van der Waals surface area contributed by atoms with Crippen molar-refractivity contribution in [3.63, 3.8) is 0 Å². The van der Waals surface area contributed by atoms with Crippen LogP contribution >= 0.6 is 11.6 Å². The standard InChI is InChI=1S/C20H20ClN3O2/c21-17-4-2-1-3-16(17)18-7-8-20(26)24(23-18)12-19(25)22-11-15-10-13-5-6-14(15)9-13/h1-8,13-15H,9-12H2,(H,22,25)/t13-,14+,15-/m0/s1. The Morgan fingerprint density at radius 3 is 2.77 bits per heavy atom. The molecule has 3 atom stereocenters. The first-order valence-corrected chi connectivity index (χ1v) is 9.26. The number of hydrogen-bond donors (Lipinski definition) is 1. The topological polar surface area (TPSA) is 64.0 Å². The maximum Gasteiger partial charge on any atom is 0.267 e. The van der Waals surface area contributed by atoms with E-state index >= 15 is 0 Å². The van der Waals surface area contributed by atoms with Gasteiger partial charge in [0, 0.05) is 18.2 Å². The minimum absolute atomic E-state index is 0.0895. The molecule has 6 heteroatoms. The van der Waals surface area contributed by atoms with E-state index in [1.165, 1.54) is 17.2 Å². The van der Waals surface area contributed by atoms with Crippen molar-refractivity contribution in [2.24, 2.45) is 17.8 Å². The summed E-state index contributed by atoms with van der Waals surface area (Å²) in [5, 5.41) is 7.82. The monoisotopic (exact) mass is 369 g/mol. The molecule has 2 aliphatic carbocycles. The molecule has 1 fully saturated rings. The molecule has 0 unspecified atom stereocenters. The molecule has 5 nitrogen and oxygen atoms in total. The first kappa shape index (κ1) is 17.0. The highest BCUT2D eigenvalue weighted by Gasteiger charge is 2.35. The van der Waals surface area contributed by atoms with E-state index in [0.29, 0.717) is 35.0 Å². The maximum absolute atomic E-state index is 12.3. The number of carbonyl (C=O) groups is 1. The lowest BCUT2D eigenvalue weighted by molar-refractivity contribution is -0.122. The molecule has 134 valence electrons. The molecule has 2 aliphatic rings. The summed E-state index contributed by atoms with van der Waals surface area (Å²) in [5.41, 5.74) is 0.997. The van der Waals surface area contributed by atoms with Crippen LogP contribution in [0.5, 0.6) is 0 Å². The number of amides is 1. The van der Waals surface area contributed by atoms with Gasteiger partial charge < -0.3 is 5.32 Å². The lowest BCUT2D eigenvalue weighted by Gasteiger charge is -2.18. The molecule has 1 heterocycles. The summed E-state index contributed by atoms with van der Waals surface area (Å²) in [6, 6.07) is 10.3. The fraction of sp³-hybridized carbons (Fsp3) is 0.350. The molecule has 1 N–H and O–H groups in total. The van der Waals surface area contributed by atoms with E-state index in [4.69, 9.17) is 11.6 Å². The van der Waals surface area contributed by atoms with Crippen LogP contribution in [0.25, 0.3) is 11.3 Å². The average Bonchev–Trinajstić information content (AvgIpc) is 3.25. The fourth-order valence-corrected chi connectivity index (χ4v) is 4.17. The quantitative estimate of drug-likeness (QED) is 0.824. The summed E-state index contributed by atoms with van der Waals surface area (Å²) < 4.78 is 1.19. The van der Waals surface area contributed by atoms with Gasteiger partial charge in [0.15, 0.2) is 0 Å². The molecule has 1 amide bonds. The van der Waals surface area contributed by atoms with Crippen molar-refractivity contribution in [1.82, 2.24) is 15.1 Å². The van der Waals surface area contributed by atoms with Gasteiger partial charge in [-0.2, -0.15) is 5.10 Å². The van der Waals surface area contributed by atoms with Crippen molar-refractivity contribution in [2.45, 2.75) is 19.4 Å². The van der Waals surface area contributed by atoms with Crippen LogP contribution in [-0.2, 0) is 11.3 Å². The summed E-state index contributed by atoms with van der Waals surface area (Å²) >= 11 is 6.20. The van der Waals surface area contributed by atoms with Gasteiger partial charge in [0.25, 0.3) is 5.56 Å². The van der Waals surface area contributed by atoms with Crippen LogP contribution in [0.4, 0.5) is 0 Å². The molecule has 2 aromatic rings. The molecular weight excluding hydrogens is 350 g/mol. The molecule has 4 rings (SSSR count). The van der Waals surface area contributed by atoms with Crippen molar-refractivity contribution in [3.8, 4) is 11.3 Å². The van der Waals surface area contributed by atoms with Crippen molar-refractivity contribution in [3.05, 3.63) is 63.9 Å². The predicted octanol–water partition coefficient (Wildman–Crippen LogP) is 2.89. The van der Waals surface area contributed by atoms with Gasteiger partial charge in [-0.05, 0) is 42.7 Å². The smallest absolute Gasteiger partial charge is 0.267 e. The van der Waals surface area contributed by atoms with Gasteiger partial charge in [-0.1, -0.05) is 42.0 Å². The normalized spacial score (nSPS) is 23.3. The number of aromatic nitrogens is 2. The van der Waals surface area contributed by atoms with Gasteiger partial charge in [0.1, 0.15) is 6.54 Å². The van der Waals surface area contributed by atoms with Crippen LogP contribution in [0.3, 0.4) is 0 Å². The third-order valence-corrected chi connectivity index (χ3v) is 5.62. The first-order valence-electron chi connectivity index (χ1n) is 8.88. The zero-order valence-corrected chi connectivity index (χ0v) is 15.0. The lowest BCUT2D eigenvalue weighted by atomic mass is 9.94. The van der Waals surface area contributed by atoms with Crippen LogP contribution < -0.4 is 10.9 Å². The Hall–Kier alpha value is -2.40. The van der Waals surface area contributed by atoms with Crippen LogP contribution in [0.15, 0.2) is 53.3 Å². The van der Waals surface area contributed by atoms with E-state index in [0.717, 1.165) is 12.0 Å². The van der Waals surface area contributed by atoms with Gasteiger partial charge >= 0.3 is 0 Å². The zero-order valence-electron chi connectivity index (χ0n) is 14.3. The van der Waals surface area contributed by atoms with E-state index in [-0.39, 0.29) is 18.0 Å². The largest absolute Gasteiger partial charge is 0.354 e. The predicted molar refractivity (Wildman–Crippen MR) is 101 cm³/mol. The third kappa shape index (κ3) is 3.44. The Balaban J connectivity index is 1.43. The fourth-order valence-electron chi connectivity index (χ4n) is 3.94. The Bertz CT molecular complexity index is 921. The summed E-state index contributed by atoms with van der Waals surface area (Å²) in [4.78, 5) is 24.4. The lowest BCUT2D eigenvalue weighted by Crippen LogP contribution is -2.36. The Labute approximate surface area is 156 Å². The maximum atomic E-state index is 12.3. The molecule has 1 saturated carbocycles. The van der Waals surface area contributed by atoms with Crippen LogP contribution in [0, 0.1) is 17.8 Å². The minimum Gasteiger partial charge on any atom is -0.354 e. The van der Waals surface area contributed by atoms with Crippen molar-refractivity contribution in [2.75, 3.05) is 6.54 Å². The van der Waals surface area contributed by atoms with Gasteiger partial charge in [0.2, 0.25) is 5.91 Å². The number of hydrogen-bond acceptors (Lipinski definition) is 3. The van der Waals surface area contributed by atoms with Gasteiger partial charge in [-0.15, -0.1) is 0 Å². The second-order valence-corrected chi connectivity index (χ2v) is 7.45. The molecule has 0 aliphatic heterocycles. The molecular formula is C20H20ClN3O2. The van der Waals surface area contributed by atoms with Gasteiger partial charge in [-0.25, -0.2) is 4.68 Å². The molecule has 1 aromatic carbocycles. The molecule has 0 radical (unpaired) electrons. The van der Waals surface area contributed by atoms with E-state index < -0.39 is 0 Å². The third-order valence-electron chi connectivity index (χ3n) is 5.29. The number of carbonyl (C=O) groups excluding carboxylic acids is 1. The van der Waals surface area contributed by atoms with Crippen LogP contribution in [-0.4, -0.2) is 22.2 Å². The second kappa shape index (κ2) is 7.08. The number of halogens is 1. The highest BCUT2D eigenvalue weighted by molar-refractivity contribution is 6.33. The molecule has 0 spiro atoms. The minimum atomic E-state index is -0.307. The Morgan fingerprint density at radius 1 is 1.19 bits per heavy atom. The summed E-state index contributed by atoms with van der Waals surface area (Å²) in [5.74, 6) is 1.58. The molecule has 1 aromatic heterocycles. The van der Waals surface area contributed by atoms with Crippen LogP contribution in [0.2, 0.25) is 5.02 Å². The van der Waals surface area contributed by atoms with Crippen molar-refractivity contribution >= 4 is 17.5 Å². The highest BCUT2D eigenvalue weighted by Crippen LogP contribution is 2.42. The first-order chi connectivity index (χ1) is 12.6. The van der Waals surface area contributed by atoms with E-state index in [1.807, 2.05) is 18.2 Å². The number of allylic oxidation sites excluding steroid dienone is 2. The Kier molecular flexibility index (Phi) is 4.64. The van der Waals surface area contributed by atoms with E-state index in [1.54, 1.807) is 12.1 Å².